The van der Waals surface area contributed by atoms with E-state index in [9.17, 15) is 9.59 Å². The van der Waals surface area contributed by atoms with Gasteiger partial charge in [0.05, 0.1) is 16.8 Å². The number of nitrogens with one attached hydrogen (secondary N) is 2. The molecule has 170 valence electrons. The van der Waals surface area contributed by atoms with E-state index in [1.807, 2.05) is 7.05 Å². The zero-order valence-electron chi connectivity index (χ0n) is 18.8. The van der Waals surface area contributed by atoms with Crippen LogP contribution in [0.4, 0.5) is 0 Å². The van der Waals surface area contributed by atoms with Crippen LogP contribution in [0.15, 0.2) is 33.3 Å². The van der Waals surface area contributed by atoms with Crippen LogP contribution in [0, 0.1) is 16.6 Å². The van der Waals surface area contributed by atoms with E-state index < -0.39 is 0 Å². The Morgan fingerprint density at radius 1 is 1.16 bits per heavy atom. The number of H-pyrrole nitrogens is 2. The molecule has 3 aliphatic heterocycles. The van der Waals surface area contributed by atoms with Gasteiger partial charge in [-0.2, -0.15) is 0 Å². The standard InChI is InChI=1S/C23H31N7O2/c1-29-10-4-8-19(31)30(2)11-5-9-24-21-20-18(23(32)28-22(20)27-15-26-21)13-25-17-7-3-6-16(12-17)14-29/h3,6,13,15-16H,4-5,7-12,14H2,1-2H3,(H2,24,26,27,28,32)/t16-/m0/s1. The van der Waals surface area contributed by atoms with E-state index >= 15 is 0 Å². The van der Waals surface area contributed by atoms with E-state index in [0.29, 0.717) is 46.8 Å². The summed E-state index contributed by atoms with van der Waals surface area (Å²) in [7, 11) is 3.95. The Bertz CT molecular complexity index is 1260. The molecule has 9 heteroatoms. The van der Waals surface area contributed by atoms with E-state index in [0.717, 1.165) is 44.5 Å². The Hall–Kier alpha value is -3.07. The molecule has 32 heavy (non-hydrogen) atoms. The maximum Gasteiger partial charge on any atom is 0.259 e. The topological polar surface area (TPSA) is 110 Å². The predicted octanol–water partition coefficient (Wildman–Crippen LogP) is 0.162. The Morgan fingerprint density at radius 3 is 2.91 bits per heavy atom. The molecule has 4 rings (SSSR count). The first-order valence-electron chi connectivity index (χ1n) is 11.3. The normalized spacial score (nSPS) is 21.8. The van der Waals surface area contributed by atoms with Crippen LogP contribution in [0.1, 0.15) is 32.1 Å². The van der Waals surface area contributed by atoms with Gasteiger partial charge in [-0.05, 0) is 38.8 Å². The SMILES string of the molecule is CN1CCCC(=O)N(C)CCCN=c2nc[nH]c3[nH]c(=O)c(c2=3)=CN=C2CC=C[C@@H](C2)C1. The number of hydrogen-bond donors (Lipinski definition) is 2. The number of carbonyl (C=O) groups excluding carboxylic acids is 1. The van der Waals surface area contributed by atoms with Crippen molar-refractivity contribution in [3.63, 3.8) is 0 Å². The van der Waals surface area contributed by atoms with Gasteiger partial charge in [0, 0.05) is 51.4 Å². The first kappa shape index (κ1) is 22.1. The summed E-state index contributed by atoms with van der Waals surface area (Å²) in [5, 5.41) is 1.14. The van der Waals surface area contributed by atoms with Crippen molar-refractivity contribution in [1.29, 1.82) is 0 Å². The minimum absolute atomic E-state index is 0.164. The van der Waals surface area contributed by atoms with E-state index in [4.69, 9.17) is 4.99 Å². The lowest BCUT2D eigenvalue weighted by molar-refractivity contribution is -0.130. The van der Waals surface area contributed by atoms with Crippen molar-refractivity contribution in [1.82, 2.24) is 24.8 Å². The lowest BCUT2D eigenvalue weighted by Gasteiger charge is -2.24. The highest BCUT2D eigenvalue weighted by molar-refractivity contribution is 5.88. The third kappa shape index (κ3) is 5.21. The van der Waals surface area contributed by atoms with Gasteiger partial charge in [0.25, 0.3) is 5.56 Å². The molecule has 0 aromatic heterocycles. The summed E-state index contributed by atoms with van der Waals surface area (Å²) >= 11 is 0. The third-order valence-electron chi connectivity index (χ3n) is 6.07. The van der Waals surface area contributed by atoms with Crippen LogP contribution in [0.3, 0.4) is 0 Å². The zero-order valence-corrected chi connectivity index (χ0v) is 18.8. The minimum atomic E-state index is -0.205. The highest BCUT2D eigenvalue weighted by atomic mass is 16.2. The van der Waals surface area contributed by atoms with Crippen molar-refractivity contribution in [2.75, 3.05) is 40.3 Å². The van der Waals surface area contributed by atoms with Gasteiger partial charge in [-0.15, -0.1) is 0 Å². The minimum Gasteiger partial charge on any atom is -0.346 e. The quantitative estimate of drug-likeness (QED) is 0.572. The van der Waals surface area contributed by atoms with Crippen molar-refractivity contribution in [2.45, 2.75) is 32.1 Å². The lowest BCUT2D eigenvalue weighted by atomic mass is 9.93. The van der Waals surface area contributed by atoms with Crippen LogP contribution < -0.4 is 16.3 Å². The molecule has 1 atom stereocenters. The van der Waals surface area contributed by atoms with Gasteiger partial charge in [0.1, 0.15) is 5.48 Å². The molecule has 0 saturated carbocycles. The van der Waals surface area contributed by atoms with Crippen molar-refractivity contribution >= 4 is 17.8 Å². The van der Waals surface area contributed by atoms with Crippen molar-refractivity contribution in [2.24, 2.45) is 15.9 Å². The van der Waals surface area contributed by atoms with Gasteiger partial charge in [0.2, 0.25) is 5.91 Å². The molecule has 9 nitrogen and oxygen atoms in total. The summed E-state index contributed by atoms with van der Waals surface area (Å²) in [4.78, 5) is 48.6. The van der Waals surface area contributed by atoms with Crippen LogP contribution >= 0.6 is 0 Å². The molecule has 2 N–H and O–H groups in total. The molecular weight excluding hydrogens is 406 g/mol. The number of aromatic nitrogens is 3. The summed E-state index contributed by atoms with van der Waals surface area (Å²) in [5.41, 5.74) is 1.96. The molecule has 1 aliphatic carbocycles. The molecule has 0 aromatic carbocycles. The fraction of sp³-hybridized carbons (Fsp3) is 0.522. The van der Waals surface area contributed by atoms with Gasteiger partial charge >= 0.3 is 0 Å². The van der Waals surface area contributed by atoms with Crippen LogP contribution in [-0.4, -0.2) is 76.6 Å². The molecule has 0 spiro atoms. The number of amides is 1. The first-order valence-corrected chi connectivity index (χ1v) is 11.3. The molecule has 0 saturated heterocycles. The number of nitrogens with zero attached hydrogens (tertiary/aromatic N) is 5. The summed E-state index contributed by atoms with van der Waals surface area (Å²) in [6.45, 7) is 2.96. The van der Waals surface area contributed by atoms with Crippen LogP contribution in [0.2, 0.25) is 0 Å². The van der Waals surface area contributed by atoms with E-state index in [1.165, 1.54) is 6.33 Å². The van der Waals surface area contributed by atoms with Crippen molar-refractivity contribution < 1.29 is 4.79 Å². The van der Waals surface area contributed by atoms with Crippen molar-refractivity contribution in [3.8, 4) is 0 Å². The lowest BCUT2D eigenvalue weighted by Crippen LogP contribution is -2.31. The van der Waals surface area contributed by atoms with Crippen molar-refractivity contribution in [3.05, 3.63) is 50.2 Å². The highest BCUT2D eigenvalue weighted by Crippen LogP contribution is 2.17. The second-order valence-corrected chi connectivity index (χ2v) is 8.68. The van der Waals surface area contributed by atoms with E-state index in [1.54, 1.807) is 11.1 Å². The summed E-state index contributed by atoms with van der Waals surface area (Å²) in [6, 6.07) is 0. The van der Waals surface area contributed by atoms with E-state index in [2.05, 4.69) is 44.0 Å². The van der Waals surface area contributed by atoms with Gasteiger partial charge < -0.3 is 19.8 Å². The zero-order chi connectivity index (χ0) is 22.5. The molecule has 0 radical (unpaired) electrons. The maximum atomic E-state index is 12.6. The maximum absolute atomic E-state index is 12.6. The smallest absolute Gasteiger partial charge is 0.259 e. The number of carbonyl (C=O) groups is 1. The Balaban J connectivity index is 1.73. The number of rotatable bonds is 0. The van der Waals surface area contributed by atoms with Crippen LogP contribution in [-0.2, 0) is 4.79 Å². The second-order valence-electron chi connectivity index (χ2n) is 8.68. The Kier molecular flexibility index (Phi) is 6.94. The molecule has 0 aromatic rings. The summed E-state index contributed by atoms with van der Waals surface area (Å²) in [6.07, 6.45) is 11.4. The molecule has 3 heterocycles. The molecule has 0 fully saturated rings. The molecule has 4 aliphatic rings. The van der Waals surface area contributed by atoms with Gasteiger partial charge in [-0.3, -0.25) is 19.6 Å². The second kappa shape index (κ2) is 10.0. The molecule has 1 amide bonds. The van der Waals surface area contributed by atoms with Crippen LogP contribution in [0.25, 0.3) is 6.20 Å². The summed E-state index contributed by atoms with van der Waals surface area (Å²) < 4.78 is 0. The third-order valence-corrected chi connectivity index (χ3v) is 6.07. The highest BCUT2D eigenvalue weighted by Gasteiger charge is 2.16. The predicted molar refractivity (Wildman–Crippen MR) is 123 cm³/mol. The fourth-order valence-electron chi connectivity index (χ4n) is 4.34. The van der Waals surface area contributed by atoms with Gasteiger partial charge in [0.15, 0.2) is 5.49 Å². The number of aliphatic imine (C=N–C) groups is 1. The fourth-order valence-corrected chi connectivity index (χ4v) is 4.34. The van der Waals surface area contributed by atoms with Crippen LogP contribution in [0.5, 0.6) is 0 Å². The summed E-state index contributed by atoms with van der Waals surface area (Å²) in [5.74, 6) is 0.535. The average molecular weight is 438 g/mol. The number of allylic oxidation sites excluding steroid dienone is 1. The molecule has 0 unspecified atom stereocenters. The van der Waals surface area contributed by atoms with Gasteiger partial charge in [-0.1, -0.05) is 12.2 Å². The molecule has 2 bridgehead atoms. The Morgan fingerprint density at radius 2 is 2.03 bits per heavy atom. The number of hydrogen-bond acceptors (Lipinski definition) is 6. The van der Waals surface area contributed by atoms with E-state index in [-0.39, 0.29) is 11.5 Å². The van der Waals surface area contributed by atoms with Gasteiger partial charge in [-0.25, -0.2) is 4.98 Å². The monoisotopic (exact) mass is 437 g/mol. The average Bonchev–Trinajstić information content (AvgIpc) is 3.10. The Labute approximate surface area is 186 Å². The first-order chi connectivity index (χ1) is 15.5. The number of fused-ring (bicyclic) bond motifs is 2. The number of aromatic amines is 2. The molecular formula is C23H31N7O2. The largest absolute Gasteiger partial charge is 0.346 e.